The van der Waals surface area contributed by atoms with Crippen LogP contribution in [0, 0.1) is 12.8 Å². The van der Waals surface area contributed by atoms with Gasteiger partial charge < -0.3 is 0 Å². The van der Waals surface area contributed by atoms with Crippen LogP contribution in [0.1, 0.15) is 36.3 Å². The summed E-state index contributed by atoms with van der Waals surface area (Å²) in [7, 11) is -3.42. The third-order valence-corrected chi connectivity index (χ3v) is 7.56. The van der Waals surface area contributed by atoms with Gasteiger partial charge in [-0.15, -0.1) is 0 Å². The molecular weight excluding hydrogens is 318 g/mol. The van der Waals surface area contributed by atoms with Crippen molar-refractivity contribution >= 4 is 10.0 Å². The Labute approximate surface area is 144 Å². The molecule has 0 bridgehead atoms. The van der Waals surface area contributed by atoms with E-state index in [1.54, 1.807) is 16.4 Å². The van der Waals surface area contributed by atoms with Crippen LogP contribution in [-0.4, -0.2) is 25.3 Å². The molecule has 4 rings (SSSR count). The van der Waals surface area contributed by atoms with Crippen LogP contribution in [0.3, 0.4) is 0 Å². The average molecular weight is 341 g/mol. The lowest BCUT2D eigenvalue weighted by Gasteiger charge is -2.23. The van der Waals surface area contributed by atoms with Crippen LogP contribution in [0.2, 0.25) is 0 Å². The molecule has 0 radical (unpaired) electrons. The summed E-state index contributed by atoms with van der Waals surface area (Å²) in [5.41, 5.74) is 2.35. The van der Waals surface area contributed by atoms with E-state index in [0.717, 1.165) is 24.8 Å². The summed E-state index contributed by atoms with van der Waals surface area (Å²) in [6.45, 7) is 2.58. The molecule has 2 aromatic carbocycles. The molecule has 24 heavy (non-hydrogen) atoms. The van der Waals surface area contributed by atoms with Crippen molar-refractivity contribution < 1.29 is 8.42 Å². The van der Waals surface area contributed by atoms with E-state index >= 15 is 0 Å². The van der Waals surface area contributed by atoms with Gasteiger partial charge in [-0.05, 0) is 43.4 Å². The van der Waals surface area contributed by atoms with Crippen molar-refractivity contribution in [2.75, 3.05) is 6.54 Å². The Morgan fingerprint density at radius 3 is 2.38 bits per heavy atom. The number of rotatable bonds is 3. The van der Waals surface area contributed by atoms with E-state index in [0.29, 0.717) is 23.3 Å². The smallest absolute Gasteiger partial charge is 0.207 e. The first-order chi connectivity index (χ1) is 11.6. The molecule has 0 amide bonds. The van der Waals surface area contributed by atoms with Gasteiger partial charge in [-0.3, -0.25) is 0 Å². The third kappa shape index (κ3) is 2.58. The molecule has 1 saturated heterocycles. The fraction of sp³-hybridized carbons (Fsp3) is 0.400. The minimum Gasteiger partial charge on any atom is -0.207 e. The van der Waals surface area contributed by atoms with Crippen molar-refractivity contribution in [3.05, 3.63) is 65.7 Å². The first-order valence-corrected chi connectivity index (χ1v) is 10.1. The van der Waals surface area contributed by atoms with E-state index in [2.05, 4.69) is 24.3 Å². The maximum Gasteiger partial charge on any atom is 0.243 e. The second-order valence-electron chi connectivity index (χ2n) is 7.07. The van der Waals surface area contributed by atoms with Gasteiger partial charge in [-0.25, -0.2) is 8.42 Å². The second-order valence-corrected chi connectivity index (χ2v) is 8.96. The summed E-state index contributed by atoms with van der Waals surface area (Å²) in [6, 6.07) is 17.8. The number of aryl methyl sites for hydroxylation is 1. The first-order valence-electron chi connectivity index (χ1n) is 8.71. The summed E-state index contributed by atoms with van der Waals surface area (Å²) in [5, 5.41) is 0. The maximum atomic E-state index is 13.2. The third-order valence-electron chi connectivity index (χ3n) is 5.65. The average Bonchev–Trinajstić information content (AvgIpc) is 3.18. The first kappa shape index (κ1) is 15.9. The highest BCUT2D eigenvalue weighted by Gasteiger charge is 2.49. The van der Waals surface area contributed by atoms with Crippen molar-refractivity contribution in [2.45, 2.75) is 43.0 Å². The SMILES string of the molecule is Cc1ccc(S(=O)(=O)N2C[C@@H](c3ccccc3)[C@H]3CCC[C@H]32)cc1. The van der Waals surface area contributed by atoms with Crippen molar-refractivity contribution in [3.63, 3.8) is 0 Å². The van der Waals surface area contributed by atoms with E-state index < -0.39 is 10.0 Å². The van der Waals surface area contributed by atoms with Crippen LogP contribution in [0.4, 0.5) is 0 Å². The number of nitrogens with zero attached hydrogens (tertiary/aromatic N) is 1. The van der Waals surface area contributed by atoms with Gasteiger partial charge in [0.2, 0.25) is 10.0 Å². The lowest BCUT2D eigenvalue weighted by atomic mass is 9.87. The van der Waals surface area contributed by atoms with E-state index in [-0.39, 0.29) is 6.04 Å². The molecule has 1 saturated carbocycles. The zero-order chi connectivity index (χ0) is 16.7. The Morgan fingerprint density at radius 2 is 1.67 bits per heavy atom. The van der Waals surface area contributed by atoms with Gasteiger partial charge in [0.05, 0.1) is 4.90 Å². The number of hydrogen-bond donors (Lipinski definition) is 0. The minimum atomic E-state index is -3.42. The van der Waals surface area contributed by atoms with Gasteiger partial charge in [0.25, 0.3) is 0 Å². The molecule has 0 aromatic heterocycles. The molecule has 4 heteroatoms. The zero-order valence-electron chi connectivity index (χ0n) is 13.9. The molecule has 126 valence electrons. The Morgan fingerprint density at radius 1 is 0.958 bits per heavy atom. The molecule has 0 spiro atoms. The largest absolute Gasteiger partial charge is 0.243 e. The standard InChI is InChI=1S/C20H23NO2S/c1-15-10-12-17(13-11-15)24(22,23)21-14-19(16-6-3-2-4-7-16)18-8-5-9-20(18)21/h2-4,6-7,10-13,18-20H,5,8-9,14H2,1H3/t18-,19+,20-/m1/s1. The van der Waals surface area contributed by atoms with Crippen molar-refractivity contribution in [2.24, 2.45) is 5.92 Å². The lowest BCUT2D eigenvalue weighted by Crippen LogP contribution is -2.36. The molecule has 2 aromatic rings. The van der Waals surface area contributed by atoms with Gasteiger partial charge in [-0.2, -0.15) is 4.31 Å². The quantitative estimate of drug-likeness (QED) is 0.847. The van der Waals surface area contributed by atoms with Crippen molar-refractivity contribution in [3.8, 4) is 0 Å². The van der Waals surface area contributed by atoms with Crippen LogP contribution in [0.25, 0.3) is 0 Å². The van der Waals surface area contributed by atoms with Crippen LogP contribution in [0.5, 0.6) is 0 Å². The predicted molar refractivity (Wildman–Crippen MR) is 95.4 cm³/mol. The van der Waals surface area contributed by atoms with Crippen LogP contribution in [0.15, 0.2) is 59.5 Å². The van der Waals surface area contributed by atoms with Gasteiger partial charge in [0, 0.05) is 18.5 Å². The highest BCUT2D eigenvalue weighted by molar-refractivity contribution is 7.89. The summed E-state index contributed by atoms with van der Waals surface area (Å²) in [6.07, 6.45) is 3.24. The summed E-state index contributed by atoms with van der Waals surface area (Å²) in [5.74, 6) is 0.770. The number of hydrogen-bond acceptors (Lipinski definition) is 2. The summed E-state index contributed by atoms with van der Waals surface area (Å²) < 4.78 is 28.2. The fourth-order valence-corrected chi connectivity index (χ4v) is 6.16. The van der Waals surface area contributed by atoms with Crippen molar-refractivity contribution in [1.82, 2.24) is 4.31 Å². The predicted octanol–water partition coefficient (Wildman–Crippen LogP) is 3.95. The summed E-state index contributed by atoms with van der Waals surface area (Å²) in [4.78, 5) is 0.424. The van der Waals surface area contributed by atoms with Crippen molar-refractivity contribution in [1.29, 1.82) is 0 Å². The summed E-state index contributed by atoms with van der Waals surface area (Å²) >= 11 is 0. The minimum absolute atomic E-state index is 0.154. The van der Waals surface area contributed by atoms with Gasteiger partial charge in [0.1, 0.15) is 0 Å². The zero-order valence-corrected chi connectivity index (χ0v) is 14.7. The molecule has 0 N–H and O–H groups in total. The molecular formula is C20H23NO2S. The van der Waals surface area contributed by atoms with E-state index in [4.69, 9.17) is 0 Å². The maximum absolute atomic E-state index is 13.2. The Bertz CT molecular complexity index is 814. The molecule has 1 aliphatic heterocycles. The van der Waals surface area contributed by atoms with Crippen LogP contribution >= 0.6 is 0 Å². The number of fused-ring (bicyclic) bond motifs is 1. The number of benzene rings is 2. The lowest BCUT2D eigenvalue weighted by molar-refractivity contribution is 0.366. The monoisotopic (exact) mass is 341 g/mol. The highest BCUT2D eigenvalue weighted by atomic mass is 32.2. The molecule has 1 heterocycles. The Hall–Kier alpha value is -1.65. The molecule has 2 fully saturated rings. The van der Waals surface area contributed by atoms with E-state index in [1.165, 1.54) is 5.56 Å². The Kier molecular flexibility index (Phi) is 3.97. The van der Waals surface area contributed by atoms with E-state index in [1.807, 2.05) is 25.1 Å². The van der Waals surface area contributed by atoms with Crippen LogP contribution < -0.4 is 0 Å². The second kappa shape index (κ2) is 6.01. The van der Waals surface area contributed by atoms with Gasteiger partial charge >= 0.3 is 0 Å². The molecule has 3 atom stereocenters. The van der Waals surface area contributed by atoms with Gasteiger partial charge in [-0.1, -0.05) is 54.4 Å². The fourth-order valence-electron chi connectivity index (χ4n) is 4.44. The molecule has 1 aliphatic carbocycles. The molecule has 0 unspecified atom stereocenters. The molecule has 3 nitrogen and oxygen atoms in total. The Balaban J connectivity index is 1.69. The highest BCUT2D eigenvalue weighted by Crippen LogP contribution is 2.48. The van der Waals surface area contributed by atoms with E-state index in [9.17, 15) is 8.42 Å². The normalized spacial score (nSPS) is 27.3. The van der Waals surface area contributed by atoms with Gasteiger partial charge in [0.15, 0.2) is 0 Å². The molecule has 2 aliphatic rings. The van der Waals surface area contributed by atoms with Crippen LogP contribution in [-0.2, 0) is 10.0 Å². The topological polar surface area (TPSA) is 37.4 Å². The number of sulfonamides is 1.